The molecule has 4 rings (SSSR count). The number of carbonyl (C=O) groups is 1. The molecule has 0 atom stereocenters. The molecular formula is C22H17N3O2S. The molecule has 6 heteroatoms. The van der Waals surface area contributed by atoms with E-state index < -0.39 is 0 Å². The van der Waals surface area contributed by atoms with Gasteiger partial charge in [-0.15, -0.1) is 17.9 Å². The van der Waals surface area contributed by atoms with E-state index in [0.29, 0.717) is 28.1 Å². The van der Waals surface area contributed by atoms with Crippen LogP contribution in [-0.4, -0.2) is 22.4 Å². The molecule has 0 aliphatic heterocycles. The van der Waals surface area contributed by atoms with E-state index in [2.05, 4.69) is 16.5 Å². The third-order valence-electron chi connectivity index (χ3n) is 4.33. The van der Waals surface area contributed by atoms with Crippen LogP contribution < -0.4 is 10.5 Å². The molecule has 0 aliphatic carbocycles. The molecule has 0 radical (unpaired) electrons. The van der Waals surface area contributed by atoms with E-state index in [4.69, 9.17) is 0 Å². The Labute approximate surface area is 165 Å². The van der Waals surface area contributed by atoms with Gasteiger partial charge in [-0.05, 0) is 6.07 Å². The summed E-state index contributed by atoms with van der Waals surface area (Å²) in [5, 5.41) is 3.18. The Morgan fingerprint density at radius 3 is 2.68 bits per heavy atom. The van der Waals surface area contributed by atoms with Gasteiger partial charge in [0.05, 0.1) is 11.3 Å². The van der Waals surface area contributed by atoms with E-state index in [9.17, 15) is 9.59 Å². The first-order chi connectivity index (χ1) is 13.7. The molecule has 138 valence electrons. The summed E-state index contributed by atoms with van der Waals surface area (Å²) in [7, 11) is 0. The Balaban J connectivity index is 1.77. The molecule has 2 aromatic carbocycles. The van der Waals surface area contributed by atoms with E-state index in [-0.39, 0.29) is 11.5 Å². The number of thiazole rings is 1. The van der Waals surface area contributed by atoms with Gasteiger partial charge < -0.3 is 4.98 Å². The Bertz CT molecular complexity index is 1210. The van der Waals surface area contributed by atoms with Crippen LogP contribution in [0.5, 0.6) is 0 Å². The first kappa shape index (κ1) is 17.9. The minimum absolute atomic E-state index is 0.281. The minimum atomic E-state index is -0.315. The average Bonchev–Trinajstić information content (AvgIpc) is 3.21. The normalized spacial score (nSPS) is 10.7. The second-order valence-corrected chi connectivity index (χ2v) is 7.02. The van der Waals surface area contributed by atoms with Crippen LogP contribution in [0.1, 0.15) is 10.4 Å². The highest BCUT2D eigenvalue weighted by Gasteiger charge is 2.22. The van der Waals surface area contributed by atoms with Crippen LogP contribution in [0.2, 0.25) is 0 Å². The molecule has 2 aromatic heterocycles. The van der Waals surface area contributed by atoms with Crippen LogP contribution in [-0.2, 0) is 0 Å². The van der Waals surface area contributed by atoms with Crippen molar-refractivity contribution in [3.8, 4) is 11.3 Å². The topological polar surface area (TPSA) is 66.1 Å². The van der Waals surface area contributed by atoms with Gasteiger partial charge in [0.15, 0.2) is 5.13 Å². The van der Waals surface area contributed by atoms with Crippen LogP contribution in [0.4, 0.5) is 5.13 Å². The number of benzene rings is 2. The van der Waals surface area contributed by atoms with Crippen molar-refractivity contribution in [1.82, 2.24) is 9.97 Å². The summed E-state index contributed by atoms with van der Waals surface area (Å²) in [5.41, 5.74) is 2.44. The summed E-state index contributed by atoms with van der Waals surface area (Å²) in [4.78, 5) is 34.3. The minimum Gasteiger partial charge on any atom is -0.322 e. The van der Waals surface area contributed by atoms with E-state index in [1.54, 1.807) is 17.0 Å². The van der Waals surface area contributed by atoms with Gasteiger partial charge in [-0.3, -0.25) is 14.5 Å². The summed E-state index contributed by atoms with van der Waals surface area (Å²) >= 11 is 1.39. The number of carbonyl (C=O) groups excluding carboxylic acids is 1. The lowest BCUT2D eigenvalue weighted by atomic mass is 10.1. The highest BCUT2D eigenvalue weighted by molar-refractivity contribution is 7.14. The lowest BCUT2D eigenvalue weighted by Crippen LogP contribution is -2.32. The largest absolute Gasteiger partial charge is 0.322 e. The maximum atomic E-state index is 13.3. The van der Waals surface area contributed by atoms with Gasteiger partial charge in [0.2, 0.25) is 5.56 Å². The fourth-order valence-electron chi connectivity index (χ4n) is 3.03. The number of anilines is 1. The first-order valence-corrected chi connectivity index (χ1v) is 9.61. The zero-order valence-corrected chi connectivity index (χ0v) is 15.8. The van der Waals surface area contributed by atoms with E-state index in [1.807, 2.05) is 53.9 Å². The summed E-state index contributed by atoms with van der Waals surface area (Å²) in [6.07, 6.45) is 1.65. The molecule has 1 N–H and O–H groups in total. The Morgan fingerprint density at radius 1 is 1.14 bits per heavy atom. The highest BCUT2D eigenvalue weighted by Crippen LogP contribution is 2.29. The quantitative estimate of drug-likeness (QED) is 0.513. The molecule has 0 unspecified atom stereocenters. The van der Waals surface area contributed by atoms with Gasteiger partial charge in [0, 0.05) is 34.5 Å². The molecular weight excluding hydrogens is 370 g/mol. The predicted molar refractivity (Wildman–Crippen MR) is 114 cm³/mol. The van der Waals surface area contributed by atoms with Crippen molar-refractivity contribution < 1.29 is 4.79 Å². The molecule has 1 amide bonds. The van der Waals surface area contributed by atoms with Crippen molar-refractivity contribution in [2.75, 3.05) is 11.4 Å². The number of aromatic nitrogens is 2. The molecule has 5 nitrogen and oxygen atoms in total. The molecule has 2 heterocycles. The van der Waals surface area contributed by atoms with Gasteiger partial charge in [-0.25, -0.2) is 4.98 Å². The van der Waals surface area contributed by atoms with Gasteiger partial charge in [0.25, 0.3) is 5.91 Å². The maximum absolute atomic E-state index is 13.3. The third-order valence-corrected chi connectivity index (χ3v) is 5.19. The zero-order chi connectivity index (χ0) is 19.5. The van der Waals surface area contributed by atoms with Crippen molar-refractivity contribution in [2.24, 2.45) is 0 Å². The summed E-state index contributed by atoms with van der Waals surface area (Å²) in [6.45, 7) is 4.06. The Kier molecular flexibility index (Phi) is 4.87. The van der Waals surface area contributed by atoms with Gasteiger partial charge in [-0.2, -0.15) is 0 Å². The molecule has 0 aliphatic rings. The van der Waals surface area contributed by atoms with Crippen LogP contribution in [0, 0.1) is 0 Å². The van der Waals surface area contributed by atoms with Crippen molar-refractivity contribution in [3.05, 3.63) is 94.6 Å². The van der Waals surface area contributed by atoms with E-state index >= 15 is 0 Å². The summed E-state index contributed by atoms with van der Waals surface area (Å²) < 4.78 is 0. The smallest absolute Gasteiger partial charge is 0.261 e. The van der Waals surface area contributed by atoms with Crippen molar-refractivity contribution in [3.63, 3.8) is 0 Å². The summed E-state index contributed by atoms with van der Waals surface area (Å²) in [6, 6.07) is 18.4. The molecule has 0 saturated carbocycles. The van der Waals surface area contributed by atoms with Gasteiger partial charge in [0.1, 0.15) is 0 Å². The number of pyridine rings is 1. The molecule has 4 aromatic rings. The number of para-hydroxylation sites is 1. The molecule has 0 bridgehead atoms. The number of hydrogen-bond acceptors (Lipinski definition) is 4. The highest BCUT2D eigenvalue weighted by atomic mass is 32.1. The maximum Gasteiger partial charge on any atom is 0.261 e. The number of nitrogens with zero attached hydrogens (tertiary/aromatic N) is 2. The van der Waals surface area contributed by atoms with Gasteiger partial charge >= 0.3 is 0 Å². The second kappa shape index (κ2) is 7.62. The number of rotatable bonds is 5. The molecule has 0 spiro atoms. The van der Waals surface area contributed by atoms with Crippen LogP contribution >= 0.6 is 11.3 Å². The van der Waals surface area contributed by atoms with Crippen molar-refractivity contribution in [2.45, 2.75) is 0 Å². The number of H-pyrrole nitrogens is 1. The lowest BCUT2D eigenvalue weighted by Gasteiger charge is -2.19. The van der Waals surface area contributed by atoms with Gasteiger partial charge in [-0.1, -0.05) is 54.6 Å². The fourth-order valence-corrected chi connectivity index (χ4v) is 3.88. The lowest BCUT2D eigenvalue weighted by molar-refractivity contribution is 0.0991. The Hall–Kier alpha value is -3.51. The number of aromatic amines is 1. The first-order valence-electron chi connectivity index (χ1n) is 8.73. The van der Waals surface area contributed by atoms with E-state index in [1.165, 1.54) is 17.4 Å². The summed E-state index contributed by atoms with van der Waals surface area (Å²) in [5.74, 6) is -0.281. The Morgan fingerprint density at radius 2 is 1.89 bits per heavy atom. The van der Waals surface area contributed by atoms with Crippen molar-refractivity contribution >= 4 is 33.3 Å². The van der Waals surface area contributed by atoms with Crippen LogP contribution in [0.15, 0.2) is 83.5 Å². The number of amides is 1. The molecule has 0 saturated heterocycles. The number of hydrogen-bond donors (Lipinski definition) is 1. The predicted octanol–water partition coefficient (Wildman–Crippen LogP) is 4.48. The molecule has 28 heavy (non-hydrogen) atoms. The molecule has 0 fully saturated rings. The van der Waals surface area contributed by atoms with Crippen LogP contribution in [0.3, 0.4) is 0 Å². The fraction of sp³-hybridized carbons (Fsp3) is 0.0455. The monoisotopic (exact) mass is 387 g/mol. The van der Waals surface area contributed by atoms with Crippen LogP contribution in [0.25, 0.3) is 22.2 Å². The SMILES string of the molecule is C=CCN(C(=O)c1cc(=O)[nH]c2ccccc12)c1nc(-c2ccccc2)cs1. The van der Waals surface area contributed by atoms with Crippen molar-refractivity contribution in [1.29, 1.82) is 0 Å². The standard InChI is InChI=1S/C22H17N3O2S/c1-2-12-25(22-24-19(14-28-22)15-8-4-3-5-9-15)21(27)17-13-20(26)23-18-11-7-6-10-16(17)18/h2-11,13-14H,1,12H2,(H,23,26). The number of fused-ring (bicyclic) bond motifs is 1. The van der Waals surface area contributed by atoms with E-state index in [0.717, 1.165) is 11.3 Å². The zero-order valence-electron chi connectivity index (χ0n) is 15.0. The average molecular weight is 387 g/mol. The number of nitrogens with one attached hydrogen (secondary N) is 1. The third kappa shape index (κ3) is 3.37. The second-order valence-electron chi connectivity index (χ2n) is 6.18.